The molecule has 0 unspecified atom stereocenters. The molecule has 1 fully saturated rings. The number of hydrogen-bond acceptors (Lipinski definition) is 8. The van der Waals surface area contributed by atoms with Crippen molar-refractivity contribution < 1.29 is 33.5 Å². The Kier molecular flexibility index (Phi) is 12.5. The Morgan fingerprint density at radius 2 is 1.74 bits per heavy atom. The summed E-state index contributed by atoms with van der Waals surface area (Å²) in [5, 5.41) is 2.55. The Labute approximate surface area is 226 Å². The molecule has 0 bridgehead atoms. The molecule has 1 saturated heterocycles. The van der Waals surface area contributed by atoms with E-state index in [0.717, 1.165) is 11.6 Å². The van der Waals surface area contributed by atoms with E-state index in [9.17, 15) is 14.4 Å². The summed E-state index contributed by atoms with van der Waals surface area (Å²) in [6.45, 7) is 13.1. The number of ether oxygens (including phenoxy) is 2. The third-order valence-corrected chi connectivity index (χ3v) is 7.28. The second-order valence-corrected chi connectivity index (χ2v) is 17.1. The normalized spacial score (nSPS) is 18.0. The van der Waals surface area contributed by atoms with Crippen LogP contribution in [0.2, 0.25) is 25.7 Å². The number of nitrogens with one attached hydrogen (secondary N) is 3. The van der Waals surface area contributed by atoms with Crippen LogP contribution in [0.3, 0.4) is 0 Å². The van der Waals surface area contributed by atoms with Crippen LogP contribution in [0, 0.1) is 0 Å². The summed E-state index contributed by atoms with van der Waals surface area (Å²) in [5.41, 5.74) is 5.84. The predicted octanol–water partition coefficient (Wildman–Crippen LogP) is 3.59. The molecule has 0 saturated carbocycles. The van der Waals surface area contributed by atoms with Crippen molar-refractivity contribution in [2.24, 2.45) is 0 Å². The molecule has 1 aromatic carbocycles. The van der Waals surface area contributed by atoms with Crippen LogP contribution in [0.15, 0.2) is 30.3 Å². The maximum atomic E-state index is 13.0. The first kappa shape index (κ1) is 31.5. The molecule has 3 amide bonds. The lowest BCUT2D eigenvalue weighted by Crippen LogP contribution is -2.57. The molecule has 1 aliphatic heterocycles. The van der Waals surface area contributed by atoms with Gasteiger partial charge in [-0.2, -0.15) is 5.48 Å². The van der Waals surface area contributed by atoms with E-state index in [2.05, 4.69) is 35.9 Å². The Morgan fingerprint density at radius 1 is 1.03 bits per heavy atom. The zero-order chi connectivity index (χ0) is 28.2. The summed E-state index contributed by atoms with van der Waals surface area (Å²) in [6.07, 6.45) is -0.0865. The zero-order valence-corrected chi connectivity index (χ0v) is 24.5. The van der Waals surface area contributed by atoms with Gasteiger partial charge in [0.1, 0.15) is 11.6 Å². The third-order valence-electron chi connectivity index (χ3n) is 5.57. The molecule has 0 aromatic heterocycles. The summed E-state index contributed by atoms with van der Waals surface area (Å²) >= 11 is 0. The fourth-order valence-corrected chi connectivity index (χ4v) is 4.31. The minimum atomic E-state index is -1.39. The molecule has 1 heterocycles. The van der Waals surface area contributed by atoms with Crippen molar-refractivity contribution in [3.63, 3.8) is 0 Å². The van der Waals surface area contributed by atoms with Gasteiger partial charge in [-0.05, 0) is 45.2 Å². The number of carbonyl (C=O) groups is 3. The molecule has 0 spiro atoms. The van der Waals surface area contributed by atoms with Crippen LogP contribution in [0.25, 0.3) is 0 Å². The van der Waals surface area contributed by atoms with Crippen LogP contribution in [-0.4, -0.2) is 75.1 Å². The highest BCUT2D eigenvalue weighted by Crippen LogP contribution is 2.20. The van der Waals surface area contributed by atoms with Gasteiger partial charge < -0.3 is 14.8 Å². The monoisotopic (exact) mass is 552 g/mol. The molecular weight excluding hydrogens is 508 g/mol. The van der Waals surface area contributed by atoms with Crippen molar-refractivity contribution >= 4 is 26.2 Å². The molecule has 214 valence electrons. The molecule has 0 aliphatic carbocycles. The van der Waals surface area contributed by atoms with E-state index in [1.807, 2.05) is 30.3 Å². The second kappa shape index (κ2) is 15.1. The number of hydrogen-bond donors (Lipinski definition) is 3. The molecule has 1 aliphatic rings. The van der Waals surface area contributed by atoms with Crippen molar-refractivity contribution in [3.05, 3.63) is 35.9 Å². The van der Waals surface area contributed by atoms with Crippen LogP contribution < -0.4 is 16.3 Å². The number of alkyl carbamates (subject to hydrolysis) is 1. The molecule has 2 rings (SSSR count). The largest absolute Gasteiger partial charge is 0.450 e. The fourth-order valence-electron chi connectivity index (χ4n) is 3.59. The lowest BCUT2D eigenvalue weighted by Gasteiger charge is -2.38. The van der Waals surface area contributed by atoms with E-state index < -0.39 is 37.8 Å². The lowest BCUT2D eigenvalue weighted by atomic mass is 9.99. The van der Waals surface area contributed by atoms with Gasteiger partial charge in [-0.3, -0.25) is 19.4 Å². The van der Waals surface area contributed by atoms with Crippen molar-refractivity contribution in [2.45, 2.75) is 83.6 Å². The van der Waals surface area contributed by atoms with E-state index in [0.29, 0.717) is 26.1 Å². The van der Waals surface area contributed by atoms with Crippen molar-refractivity contribution in [1.82, 2.24) is 21.2 Å². The minimum absolute atomic E-state index is 0.0376. The SMILES string of the molecule is CC(C)(C)OC(=O)NCCONC(=O)[C@@H]1CC[C@@H](NOCc2ccccc2)CN1C(=O)OCC[Si](C)(C)C. The standard InChI is InChI=1S/C26H44N4O7Si/c1-26(2,3)37-24(32)27-14-15-35-29-23(31)22-13-12-21(28-36-19-20-10-8-7-9-11-20)18-30(22)25(33)34-16-17-38(4,5)6/h7-11,21-22,28H,12-19H2,1-6H3,(H,27,32)(H,29,31)/t21-,22+/m1/s1. The van der Waals surface area contributed by atoms with Gasteiger partial charge in [0.05, 0.1) is 25.9 Å². The third kappa shape index (κ3) is 12.7. The van der Waals surface area contributed by atoms with Crippen LogP contribution in [0.4, 0.5) is 9.59 Å². The van der Waals surface area contributed by atoms with Gasteiger partial charge in [0.15, 0.2) is 0 Å². The maximum absolute atomic E-state index is 13.0. The number of amides is 3. The first-order valence-corrected chi connectivity index (χ1v) is 16.8. The molecule has 12 heteroatoms. The number of piperidine rings is 1. The molecule has 3 N–H and O–H groups in total. The van der Waals surface area contributed by atoms with Gasteiger partial charge in [-0.25, -0.2) is 15.1 Å². The van der Waals surface area contributed by atoms with Gasteiger partial charge in [-0.1, -0.05) is 50.0 Å². The van der Waals surface area contributed by atoms with E-state index in [4.69, 9.17) is 19.1 Å². The summed E-state index contributed by atoms with van der Waals surface area (Å²) in [4.78, 5) is 49.9. The highest BCUT2D eigenvalue weighted by Gasteiger charge is 2.37. The first-order chi connectivity index (χ1) is 17.8. The van der Waals surface area contributed by atoms with Gasteiger partial charge in [0.25, 0.3) is 5.91 Å². The Morgan fingerprint density at radius 3 is 2.39 bits per heavy atom. The number of carbonyl (C=O) groups excluding carboxylic acids is 3. The number of rotatable bonds is 12. The fraction of sp³-hybridized carbons (Fsp3) is 0.654. The summed E-state index contributed by atoms with van der Waals surface area (Å²) in [6, 6.07) is 9.68. The molecule has 1 aromatic rings. The van der Waals surface area contributed by atoms with E-state index >= 15 is 0 Å². The van der Waals surface area contributed by atoms with Crippen LogP contribution in [0.1, 0.15) is 39.2 Å². The average Bonchev–Trinajstić information content (AvgIpc) is 2.82. The first-order valence-electron chi connectivity index (χ1n) is 13.1. The van der Waals surface area contributed by atoms with Crippen LogP contribution in [0.5, 0.6) is 0 Å². The zero-order valence-electron chi connectivity index (χ0n) is 23.5. The smallest absolute Gasteiger partial charge is 0.410 e. The average molecular weight is 553 g/mol. The number of nitrogens with zero attached hydrogens (tertiary/aromatic N) is 1. The van der Waals surface area contributed by atoms with E-state index in [1.165, 1.54) is 4.90 Å². The van der Waals surface area contributed by atoms with Crippen LogP contribution >= 0.6 is 0 Å². The maximum Gasteiger partial charge on any atom is 0.410 e. The summed E-state index contributed by atoms with van der Waals surface area (Å²) in [5.74, 6) is -0.451. The molecule has 0 radical (unpaired) electrons. The highest BCUT2D eigenvalue weighted by molar-refractivity contribution is 6.76. The Bertz CT molecular complexity index is 890. The van der Waals surface area contributed by atoms with Crippen molar-refractivity contribution in [3.8, 4) is 0 Å². The number of likely N-dealkylation sites (tertiary alicyclic amines) is 1. The predicted molar refractivity (Wildman–Crippen MR) is 146 cm³/mol. The van der Waals surface area contributed by atoms with E-state index in [1.54, 1.807) is 20.8 Å². The highest BCUT2D eigenvalue weighted by atomic mass is 28.3. The Balaban J connectivity index is 1.86. The van der Waals surface area contributed by atoms with Gasteiger partial charge in [0, 0.05) is 21.2 Å². The van der Waals surface area contributed by atoms with Gasteiger partial charge in [-0.15, -0.1) is 0 Å². The molecular formula is C26H44N4O7Si. The lowest BCUT2D eigenvalue weighted by molar-refractivity contribution is -0.140. The minimum Gasteiger partial charge on any atom is -0.450 e. The van der Waals surface area contributed by atoms with Crippen LogP contribution in [-0.2, 0) is 30.6 Å². The van der Waals surface area contributed by atoms with Gasteiger partial charge >= 0.3 is 12.2 Å². The number of hydroxylamine groups is 2. The van der Waals surface area contributed by atoms with Crippen molar-refractivity contribution in [1.29, 1.82) is 0 Å². The Hall–Kier alpha value is -2.67. The van der Waals surface area contributed by atoms with E-state index in [-0.39, 0.29) is 25.7 Å². The molecule has 38 heavy (non-hydrogen) atoms. The van der Waals surface area contributed by atoms with Crippen molar-refractivity contribution in [2.75, 3.05) is 26.3 Å². The van der Waals surface area contributed by atoms with Gasteiger partial charge in [0.2, 0.25) is 0 Å². The second-order valence-electron chi connectivity index (χ2n) is 11.5. The molecule has 11 nitrogen and oxygen atoms in total. The molecule has 2 atom stereocenters. The number of benzene rings is 1. The summed E-state index contributed by atoms with van der Waals surface area (Å²) in [7, 11) is -1.39. The topological polar surface area (TPSA) is 127 Å². The summed E-state index contributed by atoms with van der Waals surface area (Å²) < 4.78 is 10.7. The quantitative estimate of drug-likeness (QED) is 0.204.